The van der Waals surface area contributed by atoms with Gasteiger partial charge < -0.3 is 16.0 Å². The number of anilines is 1. The Bertz CT molecular complexity index is 700. The van der Waals surface area contributed by atoms with Gasteiger partial charge in [0.05, 0.1) is 4.88 Å². The minimum atomic E-state index is -0.158. The number of nitrogens with two attached hydrogens (primary N) is 1. The molecule has 2 heterocycles. The fourth-order valence-corrected chi connectivity index (χ4v) is 3.34. The molecule has 0 bridgehead atoms. The molecule has 1 aromatic carbocycles. The average Bonchev–Trinajstić information content (AvgIpc) is 3.25. The van der Waals surface area contributed by atoms with Crippen molar-refractivity contribution >= 4 is 28.8 Å². The van der Waals surface area contributed by atoms with Gasteiger partial charge in [-0.15, -0.1) is 11.3 Å². The smallest absolute Gasteiger partial charge is 0.265 e. The molecule has 5 nitrogen and oxygen atoms in total. The van der Waals surface area contributed by atoms with Crippen molar-refractivity contribution in [2.45, 2.75) is 6.42 Å². The van der Waals surface area contributed by atoms with Crippen LogP contribution in [0.2, 0.25) is 0 Å². The van der Waals surface area contributed by atoms with Crippen LogP contribution in [0.4, 0.5) is 5.69 Å². The first-order valence-corrected chi connectivity index (χ1v) is 8.49. The van der Waals surface area contributed by atoms with E-state index in [2.05, 4.69) is 5.32 Å². The molecule has 2 amide bonds. The first-order valence-electron chi connectivity index (χ1n) is 7.61. The number of thiophene rings is 1. The van der Waals surface area contributed by atoms with E-state index in [1.165, 1.54) is 11.3 Å². The molecule has 0 radical (unpaired) electrons. The Morgan fingerprint density at radius 2 is 2.17 bits per heavy atom. The number of nitrogens with zero attached hydrogens (tertiary/aromatic N) is 1. The minimum Gasteiger partial charge on any atom is -0.338 e. The molecule has 1 unspecified atom stereocenters. The Hall–Kier alpha value is -2.18. The third-order valence-corrected chi connectivity index (χ3v) is 4.89. The Labute approximate surface area is 139 Å². The zero-order chi connectivity index (χ0) is 16.2. The van der Waals surface area contributed by atoms with Crippen molar-refractivity contribution in [2.24, 2.45) is 11.7 Å². The zero-order valence-corrected chi connectivity index (χ0v) is 13.5. The Kier molecular flexibility index (Phi) is 4.73. The van der Waals surface area contributed by atoms with Gasteiger partial charge in [0.15, 0.2) is 0 Å². The molecule has 0 saturated carbocycles. The fourth-order valence-electron chi connectivity index (χ4n) is 2.72. The van der Waals surface area contributed by atoms with Gasteiger partial charge in [0.25, 0.3) is 11.8 Å². The molecular formula is C17H19N3O2S. The summed E-state index contributed by atoms with van der Waals surface area (Å²) in [6.07, 6.45) is 0.955. The number of carbonyl (C=O) groups excluding carboxylic acids is 2. The maximum absolute atomic E-state index is 12.5. The summed E-state index contributed by atoms with van der Waals surface area (Å²) in [6.45, 7) is 2.06. The van der Waals surface area contributed by atoms with E-state index in [9.17, 15) is 9.59 Å². The molecule has 0 spiro atoms. The van der Waals surface area contributed by atoms with Crippen LogP contribution in [-0.4, -0.2) is 36.3 Å². The Morgan fingerprint density at radius 1 is 1.30 bits per heavy atom. The summed E-state index contributed by atoms with van der Waals surface area (Å²) in [5, 5.41) is 4.69. The SMILES string of the molecule is NCC1CCN(C(=O)c2cccc(NC(=O)c3cccs3)c2)C1. The largest absolute Gasteiger partial charge is 0.338 e. The van der Waals surface area contributed by atoms with Crippen molar-refractivity contribution in [1.29, 1.82) is 0 Å². The molecular weight excluding hydrogens is 310 g/mol. The maximum atomic E-state index is 12.5. The molecule has 23 heavy (non-hydrogen) atoms. The summed E-state index contributed by atoms with van der Waals surface area (Å²) in [5.41, 5.74) is 6.89. The summed E-state index contributed by atoms with van der Waals surface area (Å²) < 4.78 is 0. The van der Waals surface area contributed by atoms with E-state index >= 15 is 0 Å². The van der Waals surface area contributed by atoms with Gasteiger partial charge in [-0.05, 0) is 48.5 Å². The van der Waals surface area contributed by atoms with E-state index < -0.39 is 0 Å². The van der Waals surface area contributed by atoms with Crippen LogP contribution in [-0.2, 0) is 0 Å². The third-order valence-electron chi connectivity index (χ3n) is 4.02. The van der Waals surface area contributed by atoms with Gasteiger partial charge >= 0.3 is 0 Å². The van der Waals surface area contributed by atoms with Gasteiger partial charge in [-0.1, -0.05) is 12.1 Å². The summed E-state index contributed by atoms with van der Waals surface area (Å²) in [5.74, 6) is 0.225. The number of hydrogen-bond acceptors (Lipinski definition) is 4. The Balaban J connectivity index is 1.70. The first-order chi connectivity index (χ1) is 11.2. The van der Waals surface area contributed by atoms with Crippen molar-refractivity contribution < 1.29 is 9.59 Å². The lowest BCUT2D eigenvalue weighted by molar-refractivity contribution is 0.0787. The highest BCUT2D eigenvalue weighted by molar-refractivity contribution is 7.12. The van der Waals surface area contributed by atoms with Gasteiger partial charge in [0, 0.05) is 24.3 Å². The number of hydrogen-bond donors (Lipinski definition) is 2. The Morgan fingerprint density at radius 3 is 2.87 bits per heavy atom. The molecule has 1 aromatic heterocycles. The first kappa shape index (κ1) is 15.7. The molecule has 3 rings (SSSR count). The van der Waals surface area contributed by atoms with Crippen molar-refractivity contribution in [1.82, 2.24) is 4.90 Å². The molecule has 1 atom stereocenters. The number of amides is 2. The van der Waals surface area contributed by atoms with Gasteiger partial charge in [0.2, 0.25) is 0 Å². The van der Waals surface area contributed by atoms with Crippen LogP contribution in [0.15, 0.2) is 41.8 Å². The standard InChI is InChI=1S/C17H19N3O2S/c18-10-12-6-7-20(11-12)17(22)13-3-1-4-14(9-13)19-16(21)15-5-2-8-23-15/h1-5,8-9,12H,6-7,10-11,18H2,(H,19,21). The predicted molar refractivity (Wildman–Crippen MR) is 91.8 cm³/mol. The summed E-state index contributed by atoms with van der Waals surface area (Å²) >= 11 is 1.38. The van der Waals surface area contributed by atoms with Crippen molar-refractivity contribution in [2.75, 3.05) is 25.0 Å². The monoisotopic (exact) mass is 329 g/mol. The number of likely N-dealkylation sites (tertiary alicyclic amines) is 1. The van der Waals surface area contributed by atoms with Gasteiger partial charge in [0.1, 0.15) is 0 Å². The minimum absolute atomic E-state index is 0.00632. The predicted octanol–water partition coefficient (Wildman–Crippen LogP) is 2.42. The lowest BCUT2D eigenvalue weighted by Crippen LogP contribution is -2.29. The maximum Gasteiger partial charge on any atom is 0.265 e. The van der Waals surface area contributed by atoms with Crippen LogP contribution < -0.4 is 11.1 Å². The summed E-state index contributed by atoms with van der Waals surface area (Å²) in [4.78, 5) is 27.1. The second-order valence-electron chi connectivity index (χ2n) is 5.65. The molecule has 1 aliphatic heterocycles. The number of nitrogens with one attached hydrogen (secondary N) is 1. The molecule has 120 valence electrons. The molecule has 2 aromatic rings. The highest BCUT2D eigenvalue weighted by Gasteiger charge is 2.26. The summed E-state index contributed by atoms with van der Waals surface area (Å²) in [7, 11) is 0. The van der Waals surface area contributed by atoms with E-state index in [0.717, 1.165) is 13.0 Å². The van der Waals surface area contributed by atoms with E-state index in [0.29, 0.717) is 35.1 Å². The zero-order valence-electron chi connectivity index (χ0n) is 12.7. The van der Waals surface area contributed by atoms with Crippen LogP contribution in [0.3, 0.4) is 0 Å². The highest BCUT2D eigenvalue weighted by atomic mass is 32.1. The number of benzene rings is 1. The fraction of sp³-hybridized carbons (Fsp3) is 0.294. The second-order valence-corrected chi connectivity index (χ2v) is 6.60. The molecule has 1 fully saturated rings. The number of rotatable bonds is 4. The van der Waals surface area contributed by atoms with Gasteiger partial charge in [-0.2, -0.15) is 0 Å². The summed E-state index contributed by atoms with van der Waals surface area (Å²) in [6, 6.07) is 10.7. The third kappa shape index (κ3) is 3.60. The van der Waals surface area contributed by atoms with Crippen LogP contribution in [0.25, 0.3) is 0 Å². The second kappa shape index (κ2) is 6.93. The van der Waals surface area contributed by atoms with Crippen LogP contribution in [0, 0.1) is 5.92 Å². The lowest BCUT2D eigenvalue weighted by Gasteiger charge is -2.17. The highest BCUT2D eigenvalue weighted by Crippen LogP contribution is 2.20. The normalized spacial score (nSPS) is 17.3. The van der Waals surface area contributed by atoms with Crippen LogP contribution in [0.1, 0.15) is 26.5 Å². The van der Waals surface area contributed by atoms with Crippen LogP contribution in [0.5, 0.6) is 0 Å². The average molecular weight is 329 g/mol. The van der Waals surface area contributed by atoms with Crippen molar-refractivity contribution in [3.05, 3.63) is 52.2 Å². The number of carbonyl (C=O) groups is 2. The molecule has 1 saturated heterocycles. The van der Waals surface area contributed by atoms with E-state index in [1.807, 2.05) is 16.3 Å². The molecule has 3 N–H and O–H groups in total. The van der Waals surface area contributed by atoms with Gasteiger partial charge in [-0.25, -0.2) is 0 Å². The van der Waals surface area contributed by atoms with Crippen molar-refractivity contribution in [3.63, 3.8) is 0 Å². The lowest BCUT2D eigenvalue weighted by atomic mass is 10.1. The van der Waals surface area contributed by atoms with E-state index in [-0.39, 0.29) is 11.8 Å². The molecule has 1 aliphatic rings. The quantitative estimate of drug-likeness (QED) is 0.904. The van der Waals surface area contributed by atoms with Crippen molar-refractivity contribution in [3.8, 4) is 0 Å². The topological polar surface area (TPSA) is 75.4 Å². The van der Waals surface area contributed by atoms with Gasteiger partial charge in [-0.3, -0.25) is 9.59 Å². The molecule has 6 heteroatoms. The van der Waals surface area contributed by atoms with Crippen LogP contribution >= 0.6 is 11.3 Å². The van der Waals surface area contributed by atoms with E-state index in [1.54, 1.807) is 30.3 Å². The molecule has 0 aliphatic carbocycles. The van der Waals surface area contributed by atoms with E-state index in [4.69, 9.17) is 5.73 Å².